The molecule has 1 nitrogen and oxygen atoms in total. The first-order chi connectivity index (χ1) is 6.31. The van der Waals surface area contributed by atoms with Gasteiger partial charge in [0, 0.05) is 12.8 Å². The normalized spacial score (nSPS) is 28.1. The van der Waals surface area contributed by atoms with E-state index in [1.54, 1.807) is 0 Å². The van der Waals surface area contributed by atoms with E-state index in [1.807, 2.05) is 6.92 Å². The molecule has 1 atom stereocenters. The summed E-state index contributed by atoms with van der Waals surface area (Å²) in [7, 11) is 0. The smallest absolute Gasteiger partial charge is 0.120 e. The van der Waals surface area contributed by atoms with E-state index in [0.29, 0.717) is 0 Å². The van der Waals surface area contributed by atoms with Gasteiger partial charge in [-0.3, -0.25) is 0 Å². The summed E-state index contributed by atoms with van der Waals surface area (Å²) in [5, 5.41) is 0. The van der Waals surface area contributed by atoms with E-state index in [4.69, 9.17) is 4.74 Å². The van der Waals surface area contributed by atoms with Crippen molar-refractivity contribution in [2.24, 2.45) is 0 Å². The van der Waals surface area contributed by atoms with Crippen LogP contribution in [0.5, 0.6) is 0 Å². The second kappa shape index (κ2) is 3.41. The van der Waals surface area contributed by atoms with Gasteiger partial charge in [0.15, 0.2) is 0 Å². The van der Waals surface area contributed by atoms with Gasteiger partial charge >= 0.3 is 0 Å². The Morgan fingerprint density at radius 3 is 3.08 bits per heavy atom. The molecule has 0 radical (unpaired) electrons. The molecule has 2 aliphatic rings. The molecule has 1 heterocycles. The Morgan fingerprint density at radius 1 is 1.46 bits per heavy atom. The van der Waals surface area contributed by atoms with Crippen LogP contribution in [0.2, 0.25) is 0 Å². The lowest BCUT2D eigenvalue weighted by Gasteiger charge is -2.25. The Labute approximate surface area is 79.8 Å². The molecule has 0 aromatic heterocycles. The Balaban J connectivity index is 2.18. The zero-order valence-corrected chi connectivity index (χ0v) is 8.18. The highest BCUT2D eigenvalue weighted by atomic mass is 16.5. The van der Waals surface area contributed by atoms with E-state index in [2.05, 4.69) is 18.7 Å². The average Bonchev–Trinajstić information content (AvgIpc) is 2.53. The van der Waals surface area contributed by atoms with Crippen molar-refractivity contribution < 1.29 is 4.74 Å². The van der Waals surface area contributed by atoms with E-state index in [0.717, 1.165) is 12.8 Å². The lowest BCUT2D eigenvalue weighted by Crippen LogP contribution is -2.16. The van der Waals surface area contributed by atoms with Crippen molar-refractivity contribution in [3.05, 3.63) is 35.6 Å². The molecule has 2 rings (SSSR count). The second-order valence-electron chi connectivity index (χ2n) is 3.75. The van der Waals surface area contributed by atoms with Gasteiger partial charge in [-0.25, -0.2) is 0 Å². The Hall–Kier alpha value is -0.980. The van der Waals surface area contributed by atoms with Gasteiger partial charge in [-0.2, -0.15) is 0 Å². The van der Waals surface area contributed by atoms with Crippen molar-refractivity contribution in [1.29, 1.82) is 0 Å². The molecule has 1 aliphatic heterocycles. The van der Waals surface area contributed by atoms with E-state index >= 15 is 0 Å². The van der Waals surface area contributed by atoms with Gasteiger partial charge < -0.3 is 4.74 Å². The molecule has 0 spiro atoms. The van der Waals surface area contributed by atoms with Crippen LogP contribution in [0.25, 0.3) is 0 Å². The van der Waals surface area contributed by atoms with Gasteiger partial charge in [0.1, 0.15) is 11.9 Å². The van der Waals surface area contributed by atoms with Crippen molar-refractivity contribution in [2.75, 3.05) is 0 Å². The first-order valence-corrected chi connectivity index (χ1v) is 5.01. The zero-order valence-electron chi connectivity index (χ0n) is 8.18. The Bertz CT molecular complexity index is 283. The summed E-state index contributed by atoms with van der Waals surface area (Å²) in [5.41, 5.74) is 2.70. The minimum atomic E-state index is 0.245. The van der Waals surface area contributed by atoms with E-state index < -0.39 is 0 Å². The third-order valence-electron chi connectivity index (χ3n) is 2.74. The molecular formula is C12H16O. The minimum Gasteiger partial charge on any atom is -0.490 e. The molecule has 0 bridgehead atoms. The summed E-state index contributed by atoms with van der Waals surface area (Å²) >= 11 is 0. The van der Waals surface area contributed by atoms with Crippen LogP contribution in [-0.2, 0) is 4.74 Å². The fourth-order valence-electron chi connectivity index (χ4n) is 2.13. The van der Waals surface area contributed by atoms with Crippen LogP contribution in [0.15, 0.2) is 35.6 Å². The van der Waals surface area contributed by atoms with Gasteiger partial charge in [0.05, 0.1) is 0 Å². The summed E-state index contributed by atoms with van der Waals surface area (Å²) in [6, 6.07) is 0. The largest absolute Gasteiger partial charge is 0.490 e. The van der Waals surface area contributed by atoms with E-state index in [9.17, 15) is 0 Å². The fraction of sp³-hybridized carbons (Fsp3) is 0.500. The standard InChI is InChI=1S/C12H16O/c1-3-5-10-8-9(2)11-6-4-7-12(11)13-10/h3,5,10H,2,4,6-8H2,1H3/b5-3+. The highest BCUT2D eigenvalue weighted by Gasteiger charge is 2.26. The first-order valence-electron chi connectivity index (χ1n) is 5.01. The summed E-state index contributed by atoms with van der Waals surface area (Å²) < 4.78 is 5.85. The summed E-state index contributed by atoms with van der Waals surface area (Å²) in [4.78, 5) is 0. The monoisotopic (exact) mass is 176 g/mol. The molecule has 1 aliphatic carbocycles. The van der Waals surface area contributed by atoms with Crippen LogP contribution >= 0.6 is 0 Å². The van der Waals surface area contributed by atoms with Gasteiger partial charge in [-0.05, 0) is 37.0 Å². The molecule has 0 amide bonds. The molecule has 1 heteroatoms. The van der Waals surface area contributed by atoms with Gasteiger partial charge in [-0.1, -0.05) is 12.7 Å². The molecule has 0 saturated carbocycles. The Kier molecular flexibility index (Phi) is 2.26. The number of hydrogen-bond acceptors (Lipinski definition) is 1. The molecule has 0 fully saturated rings. The van der Waals surface area contributed by atoms with Crippen molar-refractivity contribution in [3.63, 3.8) is 0 Å². The number of ether oxygens (including phenoxy) is 1. The second-order valence-corrected chi connectivity index (χ2v) is 3.75. The zero-order chi connectivity index (χ0) is 9.26. The summed E-state index contributed by atoms with van der Waals surface area (Å²) in [5.74, 6) is 1.21. The van der Waals surface area contributed by atoms with Crippen LogP contribution in [-0.4, -0.2) is 6.10 Å². The highest BCUT2D eigenvalue weighted by Crippen LogP contribution is 2.38. The van der Waals surface area contributed by atoms with Crippen molar-refractivity contribution in [2.45, 2.75) is 38.7 Å². The van der Waals surface area contributed by atoms with E-state index in [-0.39, 0.29) is 6.10 Å². The number of hydrogen-bond donors (Lipinski definition) is 0. The predicted molar refractivity (Wildman–Crippen MR) is 54.3 cm³/mol. The van der Waals surface area contributed by atoms with Crippen LogP contribution in [0, 0.1) is 0 Å². The van der Waals surface area contributed by atoms with Crippen molar-refractivity contribution >= 4 is 0 Å². The maximum atomic E-state index is 5.85. The highest BCUT2D eigenvalue weighted by molar-refractivity contribution is 5.37. The molecule has 0 N–H and O–H groups in total. The van der Waals surface area contributed by atoms with Crippen LogP contribution < -0.4 is 0 Å². The van der Waals surface area contributed by atoms with Gasteiger partial charge in [-0.15, -0.1) is 0 Å². The maximum absolute atomic E-state index is 5.85. The van der Waals surface area contributed by atoms with Gasteiger partial charge in [0.25, 0.3) is 0 Å². The van der Waals surface area contributed by atoms with Crippen LogP contribution in [0.4, 0.5) is 0 Å². The Morgan fingerprint density at radius 2 is 2.31 bits per heavy atom. The van der Waals surface area contributed by atoms with Crippen LogP contribution in [0.3, 0.4) is 0 Å². The number of allylic oxidation sites excluding steroid dienone is 3. The lowest BCUT2D eigenvalue weighted by molar-refractivity contribution is 0.139. The molecular weight excluding hydrogens is 160 g/mol. The quantitative estimate of drug-likeness (QED) is 0.557. The summed E-state index contributed by atoms with van der Waals surface area (Å²) in [6.45, 7) is 6.15. The molecule has 0 aromatic rings. The summed E-state index contributed by atoms with van der Waals surface area (Å²) in [6.07, 6.45) is 8.93. The SMILES string of the molecule is C=C1CC(/C=C/C)OC2=C1CCC2. The third-order valence-corrected chi connectivity index (χ3v) is 2.74. The molecule has 13 heavy (non-hydrogen) atoms. The molecule has 0 saturated heterocycles. The lowest BCUT2D eigenvalue weighted by atomic mass is 9.98. The van der Waals surface area contributed by atoms with Crippen LogP contribution in [0.1, 0.15) is 32.6 Å². The average molecular weight is 176 g/mol. The third kappa shape index (κ3) is 1.55. The number of rotatable bonds is 1. The predicted octanol–water partition coefficient (Wildman–Crippen LogP) is 3.35. The maximum Gasteiger partial charge on any atom is 0.120 e. The minimum absolute atomic E-state index is 0.245. The first kappa shape index (κ1) is 8.61. The van der Waals surface area contributed by atoms with Crippen molar-refractivity contribution in [1.82, 2.24) is 0 Å². The molecule has 70 valence electrons. The van der Waals surface area contributed by atoms with E-state index in [1.165, 1.54) is 29.7 Å². The molecule has 0 aromatic carbocycles. The van der Waals surface area contributed by atoms with Gasteiger partial charge in [0.2, 0.25) is 0 Å². The van der Waals surface area contributed by atoms with Crippen molar-refractivity contribution in [3.8, 4) is 0 Å². The topological polar surface area (TPSA) is 9.23 Å². The molecule has 1 unspecified atom stereocenters. The fourth-order valence-corrected chi connectivity index (χ4v) is 2.13.